The van der Waals surface area contributed by atoms with Crippen LogP contribution in [0.3, 0.4) is 0 Å². The van der Waals surface area contributed by atoms with Gasteiger partial charge >= 0.3 is 12.0 Å². The molecule has 2 heterocycles. The van der Waals surface area contributed by atoms with Crippen molar-refractivity contribution >= 4 is 23.6 Å². The zero-order valence-corrected chi connectivity index (χ0v) is 22.7. The number of urea groups is 1. The third-order valence-electron chi connectivity index (χ3n) is 7.31. The smallest absolute Gasteiger partial charge is 0.337 e. The third-order valence-corrected chi connectivity index (χ3v) is 7.31. The van der Waals surface area contributed by atoms with Crippen LogP contribution in [0, 0.1) is 5.92 Å². The molecule has 2 fully saturated rings. The van der Waals surface area contributed by atoms with Crippen molar-refractivity contribution in [3.05, 3.63) is 65.2 Å². The maximum Gasteiger partial charge on any atom is 0.337 e. The van der Waals surface area contributed by atoms with Crippen molar-refractivity contribution in [1.82, 2.24) is 9.80 Å². The number of amides is 3. The normalized spacial score (nSPS) is 16.4. The Morgan fingerprint density at radius 2 is 1.66 bits per heavy atom. The highest BCUT2D eigenvalue weighted by molar-refractivity contribution is 5.92. The standard InChI is InChI=1S/C30H39N3O5/c1-22(2)19-28(34)31-13-11-24(12-14-31)26-5-4-6-27(20-26)33(30(36)32-15-17-38-18-16-32)21-23-7-9-25(10-8-23)29(35)37-3/h4-10,20,22,24H,11-19,21H2,1-3H3. The predicted octanol–water partition coefficient (Wildman–Crippen LogP) is 4.68. The quantitative estimate of drug-likeness (QED) is 0.494. The van der Waals surface area contributed by atoms with Gasteiger partial charge < -0.3 is 19.3 Å². The second kappa shape index (κ2) is 12.9. The number of anilines is 1. The number of rotatable bonds is 7. The molecule has 2 aromatic rings. The first-order valence-corrected chi connectivity index (χ1v) is 13.5. The SMILES string of the molecule is COC(=O)c1ccc(CN(C(=O)N2CCOCC2)c2cccc(C3CCN(C(=O)CC(C)C)CC3)c2)cc1. The number of hydrogen-bond donors (Lipinski definition) is 0. The lowest BCUT2D eigenvalue weighted by Crippen LogP contribution is -2.48. The van der Waals surface area contributed by atoms with E-state index in [2.05, 4.69) is 26.0 Å². The molecular formula is C30H39N3O5. The van der Waals surface area contributed by atoms with Crippen molar-refractivity contribution in [1.29, 1.82) is 0 Å². The molecule has 0 spiro atoms. The zero-order valence-electron chi connectivity index (χ0n) is 22.7. The third kappa shape index (κ3) is 6.92. The van der Waals surface area contributed by atoms with E-state index in [-0.39, 0.29) is 17.9 Å². The number of benzene rings is 2. The molecule has 3 amide bonds. The van der Waals surface area contributed by atoms with Crippen molar-refractivity contribution in [2.75, 3.05) is 51.4 Å². The summed E-state index contributed by atoms with van der Waals surface area (Å²) in [5.74, 6) is 0.566. The van der Waals surface area contributed by atoms with Gasteiger partial charge in [0.05, 0.1) is 32.4 Å². The van der Waals surface area contributed by atoms with Crippen molar-refractivity contribution in [2.24, 2.45) is 5.92 Å². The van der Waals surface area contributed by atoms with E-state index in [1.807, 2.05) is 39.0 Å². The van der Waals surface area contributed by atoms with Gasteiger partial charge in [-0.2, -0.15) is 0 Å². The number of nitrogens with zero attached hydrogens (tertiary/aromatic N) is 3. The minimum absolute atomic E-state index is 0.0587. The van der Waals surface area contributed by atoms with E-state index in [1.165, 1.54) is 12.7 Å². The van der Waals surface area contributed by atoms with Gasteiger partial charge in [-0.15, -0.1) is 0 Å². The molecule has 0 N–H and O–H groups in total. The number of methoxy groups -OCH3 is 1. The molecule has 0 radical (unpaired) electrons. The maximum absolute atomic E-state index is 13.7. The second-order valence-corrected chi connectivity index (χ2v) is 10.5. The molecule has 2 saturated heterocycles. The monoisotopic (exact) mass is 521 g/mol. The Morgan fingerprint density at radius 3 is 2.29 bits per heavy atom. The second-order valence-electron chi connectivity index (χ2n) is 10.5. The summed E-state index contributed by atoms with van der Waals surface area (Å²) in [6.45, 7) is 8.23. The Bertz CT molecular complexity index is 1100. The molecule has 38 heavy (non-hydrogen) atoms. The lowest BCUT2D eigenvalue weighted by Gasteiger charge is -2.35. The number of hydrogen-bond acceptors (Lipinski definition) is 5. The summed E-state index contributed by atoms with van der Waals surface area (Å²) in [6.07, 6.45) is 2.43. The lowest BCUT2D eigenvalue weighted by molar-refractivity contribution is -0.133. The molecule has 0 aliphatic carbocycles. The highest BCUT2D eigenvalue weighted by Crippen LogP contribution is 2.32. The summed E-state index contributed by atoms with van der Waals surface area (Å²) < 4.78 is 10.3. The average Bonchev–Trinajstić information content (AvgIpc) is 2.95. The maximum atomic E-state index is 13.7. The minimum atomic E-state index is -0.387. The number of piperidine rings is 1. The summed E-state index contributed by atoms with van der Waals surface area (Å²) in [5.41, 5.74) is 3.43. The summed E-state index contributed by atoms with van der Waals surface area (Å²) in [4.78, 5) is 43.7. The molecule has 204 valence electrons. The Kier molecular flexibility index (Phi) is 9.39. The van der Waals surface area contributed by atoms with Gasteiger partial charge in [0.1, 0.15) is 0 Å². The van der Waals surface area contributed by atoms with E-state index in [4.69, 9.17) is 9.47 Å². The van der Waals surface area contributed by atoms with Crippen molar-refractivity contribution in [3.63, 3.8) is 0 Å². The Labute approximate surface area is 225 Å². The fourth-order valence-electron chi connectivity index (χ4n) is 5.13. The van der Waals surface area contributed by atoms with Gasteiger partial charge in [-0.1, -0.05) is 38.1 Å². The van der Waals surface area contributed by atoms with Crippen LogP contribution in [0.1, 0.15) is 60.5 Å². The van der Waals surface area contributed by atoms with Gasteiger partial charge in [-0.3, -0.25) is 9.69 Å². The van der Waals surface area contributed by atoms with Crippen LogP contribution in [0.4, 0.5) is 10.5 Å². The van der Waals surface area contributed by atoms with E-state index in [0.29, 0.717) is 56.7 Å². The van der Waals surface area contributed by atoms with E-state index < -0.39 is 0 Å². The molecule has 4 rings (SSSR count). The molecule has 8 nitrogen and oxygen atoms in total. The van der Waals surface area contributed by atoms with Crippen LogP contribution < -0.4 is 4.90 Å². The van der Waals surface area contributed by atoms with Crippen molar-refractivity contribution < 1.29 is 23.9 Å². The van der Waals surface area contributed by atoms with Crippen LogP contribution in [0.2, 0.25) is 0 Å². The van der Waals surface area contributed by atoms with Gasteiger partial charge in [0.15, 0.2) is 0 Å². The summed E-state index contributed by atoms with van der Waals surface area (Å²) in [5, 5.41) is 0. The number of carbonyl (C=O) groups excluding carboxylic acids is 3. The predicted molar refractivity (Wildman–Crippen MR) is 146 cm³/mol. The van der Waals surface area contributed by atoms with Crippen LogP contribution in [-0.4, -0.2) is 74.2 Å². The fourth-order valence-corrected chi connectivity index (χ4v) is 5.13. The topological polar surface area (TPSA) is 79.4 Å². The largest absolute Gasteiger partial charge is 0.465 e. The van der Waals surface area contributed by atoms with Crippen LogP contribution in [0.5, 0.6) is 0 Å². The molecule has 0 unspecified atom stereocenters. The first kappa shape index (κ1) is 27.6. The fraction of sp³-hybridized carbons (Fsp3) is 0.500. The van der Waals surface area contributed by atoms with Crippen molar-refractivity contribution in [2.45, 2.75) is 45.6 Å². The molecule has 2 aliphatic heterocycles. The van der Waals surface area contributed by atoms with E-state index in [9.17, 15) is 14.4 Å². The molecule has 8 heteroatoms. The molecule has 0 saturated carbocycles. The Morgan fingerprint density at radius 1 is 0.974 bits per heavy atom. The molecule has 2 aromatic carbocycles. The summed E-state index contributed by atoms with van der Waals surface area (Å²) in [7, 11) is 1.36. The van der Waals surface area contributed by atoms with Gasteiger partial charge in [-0.25, -0.2) is 9.59 Å². The van der Waals surface area contributed by atoms with E-state index >= 15 is 0 Å². The molecule has 0 atom stereocenters. The van der Waals surface area contributed by atoms with Gasteiger partial charge in [-0.05, 0) is 60.1 Å². The lowest BCUT2D eigenvalue weighted by atomic mass is 9.89. The van der Waals surface area contributed by atoms with Gasteiger partial charge in [0.2, 0.25) is 5.91 Å². The first-order chi connectivity index (χ1) is 18.4. The van der Waals surface area contributed by atoms with E-state index in [1.54, 1.807) is 12.1 Å². The minimum Gasteiger partial charge on any atom is -0.465 e. The van der Waals surface area contributed by atoms with Crippen molar-refractivity contribution in [3.8, 4) is 0 Å². The highest BCUT2D eigenvalue weighted by Gasteiger charge is 2.27. The number of morpholine rings is 1. The van der Waals surface area contributed by atoms with E-state index in [0.717, 1.165) is 37.2 Å². The van der Waals surface area contributed by atoms with Crippen LogP contribution in [-0.2, 0) is 20.8 Å². The number of esters is 1. The Hall–Kier alpha value is -3.39. The highest BCUT2D eigenvalue weighted by atomic mass is 16.5. The van der Waals surface area contributed by atoms with Crippen LogP contribution in [0.15, 0.2) is 48.5 Å². The molecule has 0 aromatic heterocycles. The van der Waals surface area contributed by atoms with Crippen LogP contribution in [0.25, 0.3) is 0 Å². The number of carbonyl (C=O) groups is 3. The first-order valence-electron chi connectivity index (χ1n) is 13.5. The molecular weight excluding hydrogens is 482 g/mol. The molecule has 0 bridgehead atoms. The number of likely N-dealkylation sites (tertiary alicyclic amines) is 1. The molecule has 2 aliphatic rings. The average molecular weight is 522 g/mol. The summed E-state index contributed by atoms with van der Waals surface area (Å²) in [6, 6.07) is 15.4. The van der Waals surface area contributed by atoms with Gasteiger partial charge in [0, 0.05) is 38.3 Å². The number of ether oxygens (including phenoxy) is 2. The zero-order chi connectivity index (χ0) is 27.1. The van der Waals surface area contributed by atoms with Crippen LogP contribution >= 0.6 is 0 Å². The Balaban J connectivity index is 1.52. The summed E-state index contributed by atoms with van der Waals surface area (Å²) >= 11 is 0. The van der Waals surface area contributed by atoms with Gasteiger partial charge in [0.25, 0.3) is 0 Å².